The van der Waals surface area contributed by atoms with Gasteiger partial charge in [-0.05, 0) is 49.6 Å². The standard InChI is InChI=1S/C22H30FN5O/c1-15-5-7-19(11-20(15)23)17(3)27-22(24-4)26-13-18-6-8-21(25-12-18)28-9-10-29-16(2)14-28/h5-8,11-12,16-17H,9-10,13-14H2,1-4H3,(H2,24,26,27). The molecule has 1 saturated heterocycles. The summed E-state index contributed by atoms with van der Waals surface area (Å²) in [6.07, 6.45) is 2.11. The second-order valence-electron chi connectivity index (χ2n) is 7.45. The van der Waals surface area contributed by atoms with Gasteiger partial charge in [0.15, 0.2) is 5.96 Å². The van der Waals surface area contributed by atoms with Crippen LogP contribution in [0.2, 0.25) is 0 Å². The van der Waals surface area contributed by atoms with Crippen molar-refractivity contribution in [3.63, 3.8) is 0 Å². The number of hydrogen-bond donors (Lipinski definition) is 2. The van der Waals surface area contributed by atoms with E-state index in [9.17, 15) is 4.39 Å². The number of aliphatic imine (C=N–C) groups is 1. The Bertz CT molecular complexity index is 840. The molecule has 29 heavy (non-hydrogen) atoms. The number of hydrogen-bond acceptors (Lipinski definition) is 4. The summed E-state index contributed by atoms with van der Waals surface area (Å²) in [6, 6.07) is 9.33. The van der Waals surface area contributed by atoms with Crippen molar-refractivity contribution in [1.82, 2.24) is 15.6 Å². The first-order chi connectivity index (χ1) is 14.0. The summed E-state index contributed by atoms with van der Waals surface area (Å²) < 4.78 is 19.4. The third-order valence-electron chi connectivity index (χ3n) is 5.11. The summed E-state index contributed by atoms with van der Waals surface area (Å²) in [5.41, 5.74) is 2.58. The van der Waals surface area contributed by atoms with E-state index >= 15 is 0 Å². The minimum atomic E-state index is -0.195. The van der Waals surface area contributed by atoms with Crippen LogP contribution in [0.4, 0.5) is 10.2 Å². The Hall–Kier alpha value is -2.67. The van der Waals surface area contributed by atoms with E-state index < -0.39 is 0 Å². The van der Waals surface area contributed by atoms with Gasteiger partial charge in [0.2, 0.25) is 0 Å². The van der Waals surface area contributed by atoms with Gasteiger partial charge in [0.25, 0.3) is 0 Å². The first kappa shape index (κ1) is 21.0. The highest BCUT2D eigenvalue weighted by atomic mass is 19.1. The normalized spacial score (nSPS) is 18.4. The molecule has 1 aliphatic rings. The van der Waals surface area contributed by atoms with Gasteiger partial charge < -0.3 is 20.3 Å². The zero-order valence-electron chi connectivity index (χ0n) is 17.6. The molecule has 1 aromatic heterocycles. The number of halogens is 1. The van der Waals surface area contributed by atoms with Crippen molar-refractivity contribution < 1.29 is 9.13 Å². The molecule has 1 aliphatic heterocycles. The molecule has 6 nitrogen and oxygen atoms in total. The van der Waals surface area contributed by atoms with Gasteiger partial charge in [0.05, 0.1) is 18.8 Å². The molecule has 0 aliphatic carbocycles. The van der Waals surface area contributed by atoms with E-state index in [-0.39, 0.29) is 18.0 Å². The van der Waals surface area contributed by atoms with Crippen LogP contribution in [0.25, 0.3) is 0 Å². The molecular weight excluding hydrogens is 369 g/mol. The highest BCUT2D eigenvalue weighted by Crippen LogP contribution is 2.17. The lowest BCUT2D eigenvalue weighted by atomic mass is 10.1. The third-order valence-corrected chi connectivity index (χ3v) is 5.11. The molecule has 1 fully saturated rings. The highest BCUT2D eigenvalue weighted by molar-refractivity contribution is 5.80. The zero-order valence-corrected chi connectivity index (χ0v) is 17.6. The van der Waals surface area contributed by atoms with Crippen molar-refractivity contribution in [3.05, 3.63) is 59.0 Å². The minimum Gasteiger partial charge on any atom is -0.375 e. The van der Waals surface area contributed by atoms with Crippen molar-refractivity contribution >= 4 is 11.8 Å². The van der Waals surface area contributed by atoms with E-state index in [1.807, 2.05) is 25.3 Å². The fraction of sp³-hybridized carbons (Fsp3) is 0.455. The molecule has 2 N–H and O–H groups in total. The van der Waals surface area contributed by atoms with Crippen LogP contribution in [0.15, 0.2) is 41.5 Å². The van der Waals surface area contributed by atoms with Crippen LogP contribution < -0.4 is 15.5 Å². The molecule has 0 spiro atoms. The first-order valence-corrected chi connectivity index (χ1v) is 10.0. The summed E-state index contributed by atoms with van der Waals surface area (Å²) in [5.74, 6) is 1.44. The van der Waals surface area contributed by atoms with E-state index in [2.05, 4.69) is 38.5 Å². The summed E-state index contributed by atoms with van der Waals surface area (Å²) in [7, 11) is 1.72. The third kappa shape index (κ3) is 5.67. The van der Waals surface area contributed by atoms with Crippen LogP contribution in [0.3, 0.4) is 0 Å². The Kier molecular flexibility index (Phi) is 7.04. The molecule has 2 heterocycles. The van der Waals surface area contributed by atoms with Gasteiger partial charge in [-0.25, -0.2) is 9.37 Å². The number of nitrogens with one attached hydrogen (secondary N) is 2. The second kappa shape index (κ2) is 9.69. The molecule has 1 aromatic carbocycles. The number of aryl methyl sites for hydroxylation is 1. The number of ether oxygens (including phenoxy) is 1. The van der Waals surface area contributed by atoms with Gasteiger partial charge in [0.1, 0.15) is 11.6 Å². The van der Waals surface area contributed by atoms with Crippen LogP contribution in [0.5, 0.6) is 0 Å². The van der Waals surface area contributed by atoms with Gasteiger partial charge in [-0.2, -0.15) is 0 Å². The smallest absolute Gasteiger partial charge is 0.191 e. The van der Waals surface area contributed by atoms with Crippen LogP contribution in [-0.4, -0.2) is 43.8 Å². The van der Waals surface area contributed by atoms with Crippen LogP contribution in [-0.2, 0) is 11.3 Å². The quantitative estimate of drug-likeness (QED) is 0.597. The molecule has 7 heteroatoms. The molecule has 2 atom stereocenters. The predicted octanol–water partition coefficient (Wildman–Crippen LogP) is 3.18. The van der Waals surface area contributed by atoms with Gasteiger partial charge >= 0.3 is 0 Å². The van der Waals surface area contributed by atoms with Crippen molar-refractivity contribution in [3.8, 4) is 0 Å². The average molecular weight is 400 g/mol. The fourth-order valence-electron chi connectivity index (χ4n) is 3.28. The number of rotatable bonds is 5. The van der Waals surface area contributed by atoms with Crippen molar-refractivity contribution in [2.24, 2.45) is 4.99 Å². The molecular formula is C22H30FN5O. The number of morpholine rings is 1. The van der Waals surface area contributed by atoms with Crippen LogP contribution in [0.1, 0.15) is 36.6 Å². The van der Waals surface area contributed by atoms with Crippen LogP contribution in [0, 0.1) is 12.7 Å². The Morgan fingerprint density at radius 1 is 1.38 bits per heavy atom. The lowest BCUT2D eigenvalue weighted by Crippen LogP contribution is -2.41. The van der Waals surface area contributed by atoms with E-state index in [1.54, 1.807) is 26.1 Å². The Morgan fingerprint density at radius 2 is 2.21 bits per heavy atom. The molecule has 0 saturated carbocycles. The highest BCUT2D eigenvalue weighted by Gasteiger charge is 2.17. The fourth-order valence-corrected chi connectivity index (χ4v) is 3.28. The van der Waals surface area contributed by atoms with Crippen LogP contribution >= 0.6 is 0 Å². The van der Waals surface area contributed by atoms with Gasteiger partial charge in [-0.3, -0.25) is 4.99 Å². The first-order valence-electron chi connectivity index (χ1n) is 10.0. The second-order valence-corrected chi connectivity index (χ2v) is 7.45. The molecule has 0 radical (unpaired) electrons. The maximum Gasteiger partial charge on any atom is 0.191 e. The maximum absolute atomic E-state index is 13.8. The summed E-state index contributed by atoms with van der Waals surface area (Å²) in [4.78, 5) is 11.1. The van der Waals surface area contributed by atoms with Gasteiger partial charge in [-0.1, -0.05) is 18.2 Å². The minimum absolute atomic E-state index is 0.0693. The number of aromatic nitrogens is 1. The van der Waals surface area contributed by atoms with Crippen molar-refractivity contribution in [2.75, 3.05) is 31.6 Å². The molecule has 0 amide bonds. The van der Waals surface area contributed by atoms with Crippen molar-refractivity contribution in [2.45, 2.75) is 39.5 Å². The monoisotopic (exact) mass is 399 g/mol. The molecule has 2 aromatic rings. The topological polar surface area (TPSA) is 61.8 Å². The lowest BCUT2D eigenvalue weighted by molar-refractivity contribution is 0.0529. The Morgan fingerprint density at radius 3 is 2.86 bits per heavy atom. The number of anilines is 1. The molecule has 3 rings (SSSR count). The maximum atomic E-state index is 13.8. The van der Waals surface area contributed by atoms with Gasteiger partial charge in [-0.15, -0.1) is 0 Å². The largest absolute Gasteiger partial charge is 0.375 e. The number of benzene rings is 1. The van der Waals surface area contributed by atoms with E-state index in [0.29, 0.717) is 18.1 Å². The molecule has 0 bridgehead atoms. The Balaban J connectivity index is 1.54. The van der Waals surface area contributed by atoms with Crippen molar-refractivity contribution in [1.29, 1.82) is 0 Å². The van der Waals surface area contributed by atoms with E-state index in [4.69, 9.17) is 4.74 Å². The summed E-state index contributed by atoms with van der Waals surface area (Å²) in [5, 5.41) is 6.59. The average Bonchev–Trinajstić information content (AvgIpc) is 2.73. The predicted molar refractivity (Wildman–Crippen MR) is 115 cm³/mol. The van der Waals surface area contributed by atoms with E-state index in [0.717, 1.165) is 36.6 Å². The van der Waals surface area contributed by atoms with Gasteiger partial charge in [0, 0.05) is 32.9 Å². The summed E-state index contributed by atoms with van der Waals surface area (Å²) in [6.45, 7) is 8.88. The van der Waals surface area contributed by atoms with E-state index in [1.165, 1.54) is 0 Å². The molecule has 156 valence electrons. The zero-order chi connectivity index (χ0) is 20.8. The molecule has 2 unspecified atom stereocenters. The number of pyridine rings is 1. The Labute approximate surface area is 172 Å². The summed E-state index contributed by atoms with van der Waals surface area (Å²) >= 11 is 0. The lowest BCUT2D eigenvalue weighted by Gasteiger charge is -2.32. The number of guanidine groups is 1. The SMILES string of the molecule is CN=C(NCc1ccc(N2CCOC(C)C2)nc1)NC(C)c1ccc(C)c(F)c1. The number of nitrogens with zero attached hydrogens (tertiary/aromatic N) is 3.